The summed E-state index contributed by atoms with van der Waals surface area (Å²) < 4.78 is 5.30. The minimum atomic E-state index is 0.268. The van der Waals surface area contributed by atoms with E-state index in [0.29, 0.717) is 19.0 Å². The number of methoxy groups -OCH3 is 1. The first kappa shape index (κ1) is 15.7. The molecule has 1 N–H and O–H groups in total. The van der Waals surface area contributed by atoms with E-state index in [4.69, 9.17) is 4.74 Å². The molecule has 1 fully saturated rings. The van der Waals surface area contributed by atoms with Crippen molar-refractivity contribution >= 4 is 11.6 Å². The Morgan fingerprint density at radius 2 is 2.19 bits per heavy atom. The molecule has 0 aromatic heterocycles. The number of carbonyl (C=O) groups is 1. The van der Waals surface area contributed by atoms with Crippen LogP contribution >= 0.6 is 0 Å². The summed E-state index contributed by atoms with van der Waals surface area (Å²) in [4.78, 5) is 14.4. The highest BCUT2D eigenvalue weighted by atomic mass is 16.5. The molecular formula is C17H26N2O2. The standard InChI is InChI=1S/C17H26N2O2/c1-3-14-8-6-7-13-19(14)17(20)11-12-18-15-9-4-5-10-16(15)21-2/h4-5,9-10,14,18H,3,6-8,11-13H2,1-2H3. The molecule has 1 aliphatic heterocycles. The van der Waals surface area contributed by atoms with Crippen LogP contribution in [0.25, 0.3) is 0 Å². The Morgan fingerprint density at radius 3 is 2.95 bits per heavy atom. The fraction of sp³-hybridized carbons (Fsp3) is 0.588. The number of rotatable bonds is 6. The van der Waals surface area contributed by atoms with Gasteiger partial charge in [0.15, 0.2) is 0 Å². The van der Waals surface area contributed by atoms with E-state index in [-0.39, 0.29) is 5.91 Å². The van der Waals surface area contributed by atoms with Crippen molar-refractivity contribution in [1.29, 1.82) is 0 Å². The molecular weight excluding hydrogens is 264 g/mol. The van der Waals surface area contributed by atoms with Crippen molar-refractivity contribution in [2.75, 3.05) is 25.5 Å². The second kappa shape index (κ2) is 7.91. The summed E-state index contributed by atoms with van der Waals surface area (Å²) in [6.45, 7) is 3.74. The summed E-state index contributed by atoms with van der Waals surface area (Å²) in [6.07, 6.45) is 5.15. The van der Waals surface area contributed by atoms with E-state index >= 15 is 0 Å². The van der Waals surface area contributed by atoms with Crippen LogP contribution < -0.4 is 10.1 Å². The van der Waals surface area contributed by atoms with Gasteiger partial charge in [0.05, 0.1) is 12.8 Å². The minimum Gasteiger partial charge on any atom is -0.495 e. The lowest BCUT2D eigenvalue weighted by Gasteiger charge is -2.35. The van der Waals surface area contributed by atoms with Gasteiger partial charge in [-0.2, -0.15) is 0 Å². The quantitative estimate of drug-likeness (QED) is 0.874. The van der Waals surface area contributed by atoms with Crippen LogP contribution in [0.3, 0.4) is 0 Å². The highest BCUT2D eigenvalue weighted by Gasteiger charge is 2.24. The zero-order valence-corrected chi connectivity index (χ0v) is 13.1. The lowest BCUT2D eigenvalue weighted by atomic mass is 9.99. The van der Waals surface area contributed by atoms with Crippen LogP contribution in [-0.4, -0.2) is 37.0 Å². The average molecular weight is 290 g/mol. The molecule has 1 aromatic rings. The predicted molar refractivity (Wildman–Crippen MR) is 85.7 cm³/mol. The van der Waals surface area contributed by atoms with Crippen molar-refractivity contribution < 1.29 is 9.53 Å². The molecule has 0 saturated carbocycles. The van der Waals surface area contributed by atoms with Crippen molar-refractivity contribution in [2.24, 2.45) is 0 Å². The Hall–Kier alpha value is -1.71. The van der Waals surface area contributed by atoms with E-state index in [1.54, 1.807) is 7.11 Å². The van der Waals surface area contributed by atoms with E-state index in [9.17, 15) is 4.79 Å². The second-order valence-electron chi connectivity index (χ2n) is 5.52. The number of ether oxygens (including phenoxy) is 1. The van der Waals surface area contributed by atoms with Crippen molar-refractivity contribution in [3.05, 3.63) is 24.3 Å². The molecule has 1 saturated heterocycles. The van der Waals surface area contributed by atoms with Crippen LogP contribution in [0.4, 0.5) is 5.69 Å². The molecule has 2 rings (SSSR count). The monoisotopic (exact) mass is 290 g/mol. The number of benzene rings is 1. The largest absolute Gasteiger partial charge is 0.495 e. The zero-order valence-electron chi connectivity index (χ0n) is 13.1. The fourth-order valence-corrected chi connectivity index (χ4v) is 2.99. The van der Waals surface area contributed by atoms with Crippen LogP contribution in [0.5, 0.6) is 5.75 Å². The number of amides is 1. The Labute approximate surface area is 127 Å². The lowest BCUT2D eigenvalue weighted by molar-refractivity contribution is -0.134. The van der Waals surface area contributed by atoms with Crippen molar-refractivity contribution in [3.63, 3.8) is 0 Å². The van der Waals surface area contributed by atoms with Crippen molar-refractivity contribution in [1.82, 2.24) is 4.90 Å². The number of anilines is 1. The van der Waals surface area contributed by atoms with Gasteiger partial charge in [-0.15, -0.1) is 0 Å². The SMILES string of the molecule is CCC1CCCCN1C(=O)CCNc1ccccc1OC. The summed E-state index contributed by atoms with van der Waals surface area (Å²) in [6, 6.07) is 8.23. The first-order chi connectivity index (χ1) is 10.3. The second-order valence-corrected chi connectivity index (χ2v) is 5.52. The summed E-state index contributed by atoms with van der Waals surface area (Å²) >= 11 is 0. The summed E-state index contributed by atoms with van der Waals surface area (Å²) in [7, 11) is 1.66. The van der Waals surface area contributed by atoms with Gasteiger partial charge in [-0.05, 0) is 37.8 Å². The van der Waals surface area contributed by atoms with Gasteiger partial charge in [0.2, 0.25) is 5.91 Å². The number of likely N-dealkylation sites (tertiary alicyclic amines) is 1. The molecule has 1 atom stereocenters. The van der Waals surface area contributed by atoms with E-state index in [2.05, 4.69) is 17.1 Å². The normalized spacial score (nSPS) is 18.4. The van der Waals surface area contributed by atoms with Crippen LogP contribution in [0.15, 0.2) is 24.3 Å². The van der Waals surface area contributed by atoms with Gasteiger partial charge >= 0.3 is 0 Å². The lowest BCUT2D eigenvalue weighted by Crippen LogP contribution is -2.43. The van der Waals surface area contributed by atoms with Crippen LogP contribution in [0, 0.1) is 0 Å². The van der Waals surface area contributed by atoms with Crippen molar-refractivity contribution in [3.8, 4) is 5.75 Å². The predicted octanol–water partition coefficient (Wildman–Crippen LogP) is 3.29. The summed E-state index contributed by atoms with van der Waals surface area (Å²) in [5, 5.41) is 3.29. The zero-order chi connectivity index (χ0) is 15.1. The third-order valence-electron chi connectivity index (χ3n) is 4.18. The average Bonchev–Trinajstić information content (AvgIpc) is 2.55. The van der Waals surface area contributed by atoms with Crippen LogP contribution in [0.2, 0.25) is 0 Å². The summed E-state index contributed by atoms with van der Waals surface area (Å²) in [5.74, 6) is 1.08. The number of nitrogens with one attached hydrogen (secondary N) is 1. The molecule has 0 bridgehead atoms. The van der Waals surface area contributed by atoms with Gasteiger partial charge in [0.25, 0.3) is 0 Å². The smallest absolute Gasteiger partial charge is 0.224 e. The summed E-state index contributed by atoms with van der Waals surface area (Å²) in [5.41, 5.74) is 0.943. The Balaban J connectivity index is 1.83. The van der Waals surface area contributed by atoms with Gasteiger partial charge < -0.3 is 15.0 Å². The highest BCUT2D eigenvalue weighted by Crippen LogP contribution is 2.23. The molecule has 21 heavy (non-hydrogen) atoms. The first-order valence-corrected chi connectivity index (χ1v) is 7.92. The molecule has 0 spiro atoms. The molecule has 1 amide bonds. The highest BCUT2D eigenvalue weighted by molar-refractivity contribution is 5.77. The fourth-order valence-electron chi connectivity index (χ4n) is 2.99. The molecule has 1 aliphatic rings. The molecule has 0 radical (unpaired) electrons. The molecule has 1 heterocycles. The molecule has 4 nitrogen and oxygen atoms in total. The van der Waals surface area contributed by atoms with Crippen LogP contribution in [0.1, 0.15) is 39.0 Å². The maximum Gasteiger partial charge on any atom is 0.224 e. The number of carbonyl (C=O) groups excluding carboxylic acids is 1. The topological polar surface area (TPSA) is 41.6 Å². The van der Waals surface area contributed by atoms with Gasteiger partial charge in [-0.25, -0.2) is 0 Å². The number of nitrogens with zero attached hydrogens (tertiary/aromatic N) is 1. The number of hydrogen-bond acceptors (Lipinski definition) is 3. The van der Waals surface area contributed by atoms with E-state index < -0.39 is 0 Å². The van der Waals surface area contributed by atoms with E-state index in [1.807, 2.05) is 24.3 Å². The van der Waals surface area contributed by atoms with Crippen molar-refractivity contribution in [2.45, 2.75) is 45.1 Å². The molecule has 1 unspecified atom stereocenters. The Bertz CT molecular complexity index is 462. The Morgan fingerprint density at radius 1 is 1.38 bits per heavy atom. The maximum atomic E-state index is 12.4. The van der Waals surface area contributed by atoms with Gasteiger partial charge in [0.1, 0.15) is 5.75 Å². The van der Waals surface area contributed by atoms with E-state index in [0.717, 1.165) is 37.2 Å². The molecule has 4 heteroatoms. The van der Waals surface area contributed by atoms with E-state index in [1.165, 1.54) is 6.42 Å². The van der Waals surface area contributed by atoms with Crippen LogP contribution in [-0.2, 0) is 4.79 Å². The van der Waals surface area contributed by atoms with Gasteiger partial charge in [0, 0.05) is 25.6 Å². The number of hydrogen-bond donors (Lipinski definition) is 1. The Kier molecular flexibility index (Phi) is 5.90. The molecule has 0 aliphatic carbocycles. The van der Waals surface area contributed by atoms with Gasteiger partial charge in [-0.3, -0.25) is 4.79 Å². The third kappa shape index (κ3) is 4.13. The number of para-hydroxylation sites is 2. The minimum absolute atomic E-state index is 0.268. The first-order valence-electron chi connectivity index (χ1n) is 7.92. The maximum absolute atomic E-state index is 12.4. The third-order valence-corrected chi connectivity index (χ3v) is 4.18. The molecule has 116 valence electrons. The van der Waals surface area contributed by atoms with Gasteiger partial charge in [-0.1, -0.05) is 19.1 Å². The molecule has 1 aromatic carbocycles. The number of piperidine rings is 1.